The fraction of sp³-hybridized carbons (Fsp3) is 0.385. The lowest BCUT2D eigenvalue weighted by Gasteiger charge is -2.15. The molecule has 0 amide bonds. The zero-order chi connectivity index (χ0) is 14.7. The maximum absolute atomic E-state index is 9.45. The molecule has 1 heterocycles. The molecule has 2 rings (SSSR count). The summed E-state index contributed by atoms with van der Waals surface area (Å²) in [6.07, 6.45) is 0.725. The molecule has 0 saturated carbocycles. The van der Waals surface area contributed by atoms with Crippen LogP contribution in [0.15, 0.2) is 18.2 Å². The van der Waals surface area contributed by atoms with Crippen LogP contribution in [0, 0.1) is 0 Å². The van der Waals surface area contributed by atoms with Gasteiger partial charge in [0.1, 0.15) is 0 Å². The zero-order valence-electron chi connectivity index (χ0n) is 11.8. The molecule has 108 valence electrons. The first-order chi connectivity index (χ1) is 9.47. The Kier molecular flexibility index (Phi) is 3.97. The molecule has 0 aliphatic heterocycles. The minimum absolute atomic E-state index is 0.0975. The number of phenols is 2. The Morgan fingerprint density at radius 1 is 1.05 bits per heavy atom. The Labute approximate surface area is 117 Å². The smallest absolute Gasteiger partial charge is 0.225 e. The fourth-order valence-electron chi connectivity index (χ4n) is 1.74. The van der Waals surface area contributed by atoms with Gasteiger partial charge in [-0.3, -0.25) is 4.98 Å². The first kappa shape index (κ1) is 14.0. The SMILES string of the molecule is CN(C)c1nnc(N(C)CCc2ccc(O)c(O)c2)[nH]1. The second-order valence-corrected chi connectivity index (χ2v) is 4.86. The standard InChI is InChI=1S/C13H19N5O2/c1-17(2)12-14-13(16-15-12)18(3)7-6-9-4-5-10(19)11(20)8-9/h4-5,8,19-20H,6-7H2,1-3H3,(H,14,15,16). The van der Waals surface area contributed by atoms with E-state index in [4.69, 9.17) is 0 Å². The van der Waals surface area contributed by atoms with Crippen molar-refractivity contribution in [3.63, 3.8) is 0 Å². The number of anilines is 2. The molecule has 0 bridgehead atoms. The van der Waals surface area contributed by atoms with Gasteiger partial charge in [0, 0.05) is 27.7 Å². The molecule has 0 unspecified atom stereocenters. The van der Waals surface area contributed by atoms with E-state index in [0.29, 0.717) is 18.4 Å². The molecule has 7 heteroatoms. The highest BCUT2D eigenvalue weighted by molar-refractivity contribution is 5.41. The number of hydrogen-bond acceptors (Lipinski definition) is 6. The number of nitrogens with zero attached hydrogens (tertiary/aromatic N) is 4. The van der Waals surface area contributed by atoms with E-state index >= 15 is 0 Å². The molecule has 2 aromatic rings. The highest BCUT2D eigenvalue weighted by Crippen LogP contribution is 2.25. The van der Waals surface area contributed by atoms with Crippen molar-refractivity contribution in [3.05, 3.63) is 23.8 Å². The first-order valence-electron chi connectivity index (χ1n) is 6.29. The molecule has 0 spiro atoms. The Balaban J connectivity index is 1.97. The van der Waals surface area contributed by atoms with Crippen LogP contribution in [-0.4, -0.2) is 53.1 Å². The number of benzene rings is 1. The van der Waals surface area contributed by atoms with Gasteiger partial charge in [-0.1, -0.05) is 6.07 Å². The Morgan fingerprint density at radius 2 is 1.75 bits per heavy atom. The van der Waals surface area contributed by atoms with Gasteiger partial charge >= 0.3 is 0 Å². The number of likely N-dealkylation sites (N-methyl/N-ethyl adjacent to an activating group) is 1. The van der Waals surface area contributed by atoms with E-state index in [-0.39, 0.29) is 11.5 Å². The van der Waals surface area contributed by atoms with Crippen LogP contribution >= 0.6 is 0 Å². The summed E-state index contributed by atoms with van der Waals surface area (Å²) in [6.45, 7) is 0.715. The van der Waals surface area contributed by atoms with Crippen LogP contribution in [0.4, 0.5) is 11.9 Å². The molecule has 0 fully saturated rings. The molecule has 0 atom stereocenters. The predicted molar refractivity (Wildman–Crippen MR) is 77.5 cm³/mol. The van der Waals surface area contributed by atoms with Crippen molar-refractivity contribution in [1.82, 2.24) is 15.2 Å². The number of hydrogen-bond donors (Lipinski definition) is 3. The number of aromatic hydroxyl groups is 2. The van der Waals surface area contributed by atoms with E-state index in [1.165, 1.54) is 6.07 Å². The molecule has 0 radical (unpaired) electrons. The van der Waals surface area contributed by atoms with E-state index in [1.807, 2.05) is 30.9 Å². The van der Waals surface area contributed by atoms with E-state index in [1.54, 1.807) is 12.1 Å². The van der Waals surface area contributed by atoms with Crippen molar-refractivity contribution < 1.29 is 10.2 Å². The van der Waals surface area contributed by atoms with Crippen LogP contribution < -0.4 is 9.80 Å². The summed E-state index contributed by atoms with van der Waals surface area (Å²) >= 11 is 0. The summed E-state index contributed by atoms with van der Waals surface area (Å²) in [5.74, 6) is 1.19. The van der Waals surface area contributed by atoms with Gasteiger partial charge in [0.05, 0.1) is 0 Å². The van der Waals surface area contributed by atoms with Crippen molar-refractivity contribution in [1.29, 1.82) is 0 Å². The Bertz CT molecular complexity index is 582. The van der Waals surface area contributed by atoms with Crippen molar-refractivity contribution in [3.8, 4) is 11.5 Å². The fourth-order valence-corrected chi connectivity index (χ4v) is 1.74. The van der Waals surface area contributed by atoms with Gasteiger partial charge < -0.3 is 20.0 Å². The lowest BCUT2D eigenvalue weighted by atomic mass is 10.1. The van der Waals surface area contributed by atoms with Crippen LogP contribution in [-0.2, 0) is 6.42 Å². The molecule has 1 aromatic heterocycles. The van der Waals surface area contributed by atoms with Crippen LogP contribution in [0.2, 0.25) is 0 Å². The van der Waals surface area contributed by atoms with Gasteiger partial charge in [-0.05, 0) is 24.1 Å². The van der Waals surface area contributed by atoms with Gasteiger partial charge in [-0.2, -0.15) is 0 Å². The van der Waals surface area contributed by atoms with Gasteiger partial charge in [-0.15, -0.1) is 10.2 Å². The summed E-state index contributed by atoms with van der Waals surface area (Å²) in [7, 11) is 5.70. The van der Waals surface area contributed by atoms with E-state index in [9.17, 15) is 10.2 Å². The second-order valence-electron chi connectivity index (χ2n) is 4.86. The molecular weight excluding hydrogens is 258 g/mol. The van der Waals surface area contributed by atoms with Gasteiger partial charge in [-0.25, -0.2) is 0 Å². The summed E-state index contributed by atoms with van der Waals surface area (Å²) in [5.41, 5.74) is 0.944. The van der Waals surface area contributed by atoms with Crippen LogP contribution in [0.5, 0.6) is 11.5 Å². The number of aromatic amines is 1. The van der Waals surface area contributed by atoms with E-state index in [2.05, 4.69) is 15.2 Å². The van der Waals surface area contributed by atoms with Gasteiger partial charge in [0.25, 0.3) is 0 Å². The number of H-pyrrole nitrogens is 1. The minimum Gasteiger partial charge on any atom is -0.504 e. The van der Waals surface area contributed by atoms with Crippen molar-refractivity contribution in [2.75, 3.05) is 37.5 Å². The van der Waals surface area contributed by atoms with Gasteiger partial charge in [0.2, 0.25) is 11.9 Å². The lowest BCUT2D eigenvalue weighted by molar-refractivity contribution is 0.403. The lowest BCUT2D eigenvalue weighted by Crippen LogP contribution is -2.21. The highest BCUT2D eigenvalue weighted by atomic mass is 16.3. The number of nitrogens with one attached hydrogen (secondary N) is 1. The van der Waals surface area contributed by atoms with Crippen molar-refractivity contribution in [2.45, 2.75) is 6.42 Å². The number of rotatable bonds is 5. The van der Waals surface area contributed by atoms with Crippen LogP contribution in [0.3, 0.4) is 0 Å². The molecule has 20 heavy (non-hydrogen) atoms. The highest BCUT2D eigenvalue weighted by Gasteiger charge is 2.09. The summed E-state index contributed by atoms with van der Waals surface area (Å²) < 4.78 is 0. The normalized spacial score (nSPS) is 10.6. The molecule has 3 N–H and O–H groups in total. The van der Waals surface area contributed by atoms with Gasteiger partial charge in [0.15, 0.2) is 11.5 Å². The molecular formula is C13H19N5O2. The van der Waals surface area contributed by atoms with E-state index in [0.717, 1.165) is 12.0 Å². The average molecular weight is 277 g/mol. The molecule has 0 aliphatic rings. The third-order valence-corrected chi connectivity index (χ3v) is 3.02. The van der Waals surface area contributed by atoms with Crippen molar-refractivity contribution >= 4 is 11.9 Å². The number of phenolic OH excluding ortho intramolecular Hbond substituents is 2. The van der Waals surface area contributed by atoms with E-state index < -0.39 is 0 Å². The second kappa shape index (κ2) is 5.68. The zero-order valence-corrected chi connectivity index (χ0v) is 11.8. The monoisotopic (exact) mass is 277 g/mol. The maximum atomic E-state index is 9.45. The molecule has 7 nitrogen and oxygen atoms in total. The summed E-state index contributed by atoms with van der Waals surface area (Å²) in [4.78, 5) is 6.91. The minimum atomic E-state index is -0.104. The summed E-state index contributed by atoms with van der Waals surface area (Å²) in [5, 5.41) is 26.8. The molecule has 0 aliphatic carbocycles. The number of aromatic nitrogens is 3. The third-order valence-electron chi connectivity index (χ3n) is 3.02. The molecule has 0 saturated heterocycles. The Hall–Kier alpha value is -2.44. The third kappa shape index (κ3) is 3.11. The first-order valence-corrected chi connectivity index (χ1v) is 6.29. The van der Waals surface area contributed by atoms with Crippen LogP contribution in [0.1, 0.15) is 5.56 Å². The maximum Gasteiger partial charge on any atom is 0.225 e. The average Bonchev–Trinajstić information content (AvgIpc) is 2.89. The molecule has 1 aromatic carbocycles. The van der Waals surface area contributed by atoms with Crippen LogP contribution in [0.25, 0.3) is 0 Å². The predicted octanol–water partition coefficient (Wildman–Crippen LogP) is 0.961. The summed E-state index contributed by atoms with van der Waals surface area (Å²) in [6, 6.07) is 4.84. The largest absolute Gasteiger partial charge is 0.504 e. The van der Waals surface area contributed by atoms with Crippen molar-refractivity contribution in [2.24, 2.45) is 0 Å². The Morgan fingerprint density at radius 3 is 2.35 bits per heavy atom. The quantitative estimate of drug-likeness (QED) is 0.706. The topological polar surface area (TPSA) is 88.5 Å².